The van der Waals surface area contributed by atoms with Gasteiger partial charge in [0.2, 0.25) is 0 Å². The lowest BCUT2D eigenvalue weighted by molar-refractivity contribution is -0.217. The molecular formula is C20H18N2O5. The number of carbonyl (C=O) groups is 2. The molecule has 7 heteroatoms. The van der Waals surface area contributed by atoms with E-state index in [0.29, 0.717) is 22.6 Å². The average Bonchev–Trinajstić information content (AvgIpc) is 2.99. The topological polar surface area (TPSA) is 68.3 Å². The van der Waals surface area contributed by atoms with Gasteiger partial charge in [-0.15, -0.1) is 0 Å². The molecule has 0 fully saturated rings. The van der Waals surface area contributed by atoms with Crippen molar-refractivity contribution >= 4 is 11.8 Å². The van der Waals surface area contributed by atoms with Crippen molar-refractivity contribution in [1.82, 2.24) is 9.96 Å². The summed E-state index contributed by atoms with van der Waals surface area (Å²) in [6, 6.07) is 13.0. The summed E-state index contributed by atoms with van der Waals surface area (Å²) in [6.07, 6.45) is 2.10. The molecule has 0 spiro atoms. The van der Waals surface area contributed by atoms with Crippen molar-refractivity contribution in [2.24, 2.45) is 0 Å². The predicted octanol–water partition coefficient (Wildman–Crippen LogP) is 2.65. The van der Waals surface area contributed by atoms with Gasteiger partial charge in [0.1, 0.15) is 6.61 Å². The fraction of sp³-hybridized carbons (Fsp3) is 0.200. The minimum Gasteiger partial charge on any atom is -0.493 e. The summed E-state index contributed by atoms with van der Waals surface area (Å²) in [6.45, 7) is 0.210. The number of fused-ring (bicyclic) bond motifs is 3. The van der Waals surface area contributed by atoms with Crippen LogP contribution in [0.25, 0.3) is 0 Å². The van der Waals surface area contributed by atoms with Crippen LogP contribution in [0.2, 0.25) is 0 Å². The van der Waals surface area contributed by atoms with E-state index in [1.807, 2.05) is 30.3 Å². The second-order valence-corrected chi connectivity index (χ2v) is 6.09. The van der Waals surface area contributed by atoms with E-state index < -0.39 is 6.17 Å². The maximum atomic E-state index is 13.0. The predicted molar refractivity (Wildman–Crippen MR) is 95.7 cm³/mol. The van der Waals surface area contributed by atoms with Gasteiger partial charge in [0.05, 0.1) is 19.8 Å². The van der Waals surface area contributed by atoms with Crippen LogP contribution in [0.5, 0.6) is 11.5 Å². The molecule has 2 amide bonds. The first-order chi connectivity index (χ1) is 13.2. The highest BCUT2D eigenvalue weighted by molar-refractivity contribution is 6.05. The zero-order valence-corrected chi connectivity index (χ0v) is 14.9. The smallest absolute Gasteiger partial charge is 0.273 e. The molecule has 0 aliphatic carbocycles. The van der Waals surface area contributed by atoms with E-state index in [1.165, 1.54) is 36.5 Å². The molecule has 0 bridgehead atoms. The molecule has 2 heterocycles. The van der Waals surface area contributed by atoms with Crippen LogP contribution in [0, 0.1) is 0 Å². The molecule has 4 rings (SSSR count). The Morgan fingerprint density at radius 1 is 1.00 bits per heavy atom. The molecule has 0 radical (unpaired) electrons. The van der Waals surface area contributed by atoms with Gasteiger partial charge < -0.3 is 9.47 Å². The quantitative estimate of drug-likeness (QED) is 0.814. The zero-order valence-electron chi connectivity index (χ0n) is 14.9. The molecule has 0 aromatic heterocycles. The number of benzene rings is 2. The average molecular weight is 366 g/mol. The molecule has 1 atom stereocenters. The van der Waals surface area contributed by atoms with Gasteiger partial charge in [0.15, 0.2) is 17.7 Å². The van der Waals surface area contributed by atoms with E-state index in [0.717, 1.165) is 5.56 Å². The van der Waals surface area contributed by atoms with Crippen LogP contribution in [0.4, 0.5) is 0 Å². The summed E-state index contributed by atoms with van der Waals surface area (Å²) in [7, 11) is 2.99. The van der Waals surface area contributed by atoms with E-state index >= 15 is 0 Å². The fourth-order valence-corrected chi connectivity index (χ4v) is 3.35. The first kappa shape index (κ1) is 17.1. The van der Waals surface area contributed by atoms with E-state index in [1.54, 1.807) is 12.1 Å². The standard InChI is InChI=1S/C20H18N2O5/c1-25-15-9-8-14-17(18(15)26-2)20(24)21-11-10-16(23)22(19(14)21)27-12-13-6-4-3-5-7-13/h3-11,19H,12H2,1-2H3/t19-/m1/s1. The minimum atomic E-state index is -0.687. The number of hydrogen-bond acceptors (Lipinski definition) is 5. The third-order valence-corrected chi connectivity index (χ3v) is 4.60. The molecule has 27 heavy (non-hydrogen) atoms. The van der Waals surface area contributed by atoms with Crippen LogP contribution >= 0.6 is 0 Å². The van der Waals surface area contributed by atoms with Crippen molar-refractivity contribution in [3.8, 4) is 11.5 Å². The molecule has 2 aromatic rings. The monoisotopic (exact) mass is 366 g/mol. The maximum Gasteiger partial charge on any atom is 0.273 e. The van der Waals surface area contributed by atoms with Crippen LogP contribution < -0.4 is 9.47 Å². The fourth-order valence-electron chi connectivity index (χ4n) is 3.35. The highest BCUT2D eigenvalue weighted by atomic mass is 16.7. The summed E-state index contributed by atoms with van der Waals surface area (Å²) in [5.41, 5.74) is 1.92. The second kappa shape index (κ2) is 6.77. The number of carbonyl (C=O) groups excluding carboxylic acids is 2. The van der Waals surface area contributed by atoms with Crippen LogP contribution in [0.15, 0.2) is 54.7 Å². The summed E-state index contributed by atoms with van der Waals surface area (Å²) < 4.78 is 10.7. The van der Waals surface area contributed by atoms with Crippen molar-refractivity contribution in [1.29, 1.82) is 0 Å². The molecule has 2 aliphatic rings. The van der Waals surface area contributed by atoms with Crippen molar-refractivity contribution in [3.63, 3.8) is 0 Å². The Morgan fingerprint density at radius 3 is 2.48 bits per heavy atom. The summed E-state index contributed by atoms with van der Waals surface area (Å²) in [4.78, 5) is 32.7. The Morgan fingerprint density at radius 2 is 1.78 bits per heavy atom. The number of hydroxylamine groups is 2. The van der Waals surface area contributed by atoms with Crippen LogP contribution in [-0.4, -0.2) is 36.0 Å². The number of methoxy groups -OCH3 is 2. The summed E-state index contributed by atoms with van der Waals surface area (Å²) in [5.74, 6) is 0.195. The lowest BCUT2D eigenvalue weighted by Gasteiger charge is -2.34. The molecule has 2 aliphatic heterocycles. The minimum absolute atomic E-state index is 0.210. The van der Waals surface area contributed by atoms with Crippen molar-refractivity contribution in [3.05, 3.63) is 71.4 Å². The normalized spacial score (nSPS) is 17.8. The molecule has 0 saturated heterocycles. The molecule has 7 nitrogen and oxygen atoms in total. The lowest BCUT2D eigenvalue weighted by atomic mass is 10.1. The van der Waals surface area contributed by atoms with Crippen LogP contribution in [0.3, 0.4) is 0 Å². The number of amides is 2. The number of ether oxygens (including phenoxy) is 2. The highest BCUT2D eigenvalue weighted by Gasteiger charge is 2.46. The number of hydrogen-bond donors (Lipinski definition) is 0. The van der Waals surface area contributed by atoms with Gasteiger partial charge in [0, 0.05) is 17.8 Å². The van der Waals surface area contributed by atoms with Gasteiger partial charge in [-0.2, -0.15) is 5.06 Å². The van der Waals surface area contributed by atoms with Crippen molar-refractivity contribution < 1.29 is 23.9 Å². The molecule has 0 saturated carbocycles. The Hall–Kier alpha value is -3.32. The van der Waals surface area contributed by atoms with Crippen molar-refractivity contribution in [2.75, 3.05) is 14.2 Å². The molecule has 138 valence electrons. The maximum absolute atomic E-state index is 13.0. The third-order valence-electron chi connectivity index (χ3n) is 4.60. The Bertz CT molecular complexity index is 925. The van der Waals surface area contributed by atoms with Gasteiger partial charge in [-0.1, -0.05) is 36.4 Å². The first-order valence-electron chi connectivity index (χ1n) is 8.41. The number of nitrogens with zero attached hydrogens (tertiary/aromatic N) is 2. The van der Waals surface area contributed by atoms with Crippen LogP contribution in [0.1, 0.15) is 27.7 Å². The van der Waals surface area contributed by atoms with Gasteiger partial charge in [-0.3, -0.25) is 19.3 Å². The Labute approximate surface area is 156 Å². The summed E-state index contributed by atoms with van der Waals surface area (Å²) in [5, 5.41) is 1.22. The van der Waals surface area contributed by atoms with Crippen LogP contribution in [-0.2, 0) is 16.2 Å². The first-order valence-corrected chi connectivity index (χ1v) is 8.41. The Kier molecular flexibility index (Phi) is 4.29. The highest BCUT2D eigenvalue weighted by Crippen LogP contribution is 2.46. The lowest BCUT2D eigenvalue weighted by Crippen LogP contribution is -2.43. The van der Waals surface area contributed by atoms with Gasteiger partial charge >= 0.3 is 0 Å². The SMILES string of the molecule is COc1ccc2c(c1OC)C(=O)N1C=CC(=O)N(OCc3ccccc3)[C@H]21. The Balaban J connectivity index is 1.72. The van der Waals surface area contributed by atoms with E-state index in [-0.39, 0.29) is 18.4 Å². The molecular weight excluding hydrogens is 348 g/mol. The summed E-state index contributed by atoms with van der Waals surface area (Å²) >= 11 is 0. The second-order valence-electron chi connectivity index (χ2n) is 6.09. The van der Waals surface area contributed by atoms with Gasteiger partial charge in [-0.25, -0.2) is 0 Å². The van der Waals surface area contributed by atoms with E-state index in [4.69, 9.17) is 14.3 Å². The van der Waals surface area contributed by atoms with Gasteiger partial charge in [0.25, 0.3) is 11.8 Å². The number of rotatable bonds is 5. The molecule has 2 aromatic carbocycles. The van der Waals surface area contributed by atoms with E-state index in [2.05, 4.69) is 0 Å². The largest absolute Gasteiger partial charge is 0.493 e. The van der Waals surface area contributed by atoms with E-state index in [9.17, 15) is 9.59 Å². The molecule has 0 unspecified atom stereocenters. The third kappa shape index (κ3) is 2.72. The zero-order chi connectivity index (χ0) is 19.0. The van der Waals surface area contributed by atoms with Gasteiger partial charge in [-0.05, 0) is 11.6 Å². The molecule has 0 N–H and O–H groups in total. The van der Waals surface area contributed by atoms with Crippen molar-refractivity contribution in [2.45, 2.75) is 12.8 Å².